The molecule has 0 radical (unpaired) electrons. The van der Waals surface area contributed by atoms with E-state index in [-0.39, 0.29) is 11.3 Å². The lowest BCUT2D eigenvalue weighted by Crippen LogP contribution is -2.45. The molecule has 1 amide bonds. The lowest BCUT2D eigenvalue weighted by molar-refractivity contribution is -0.185. The molecule has 0 aromatic carbocycles. The fourth-order valence-corrected chi connectivity index (χ4v) is 3.16. The zero-order valence-corrected chi connectivity index (χ0v) is 11.4. The van der Waals surface area contributed by atoms with Crippen molar-refractivity contribution in [3.8, 4) is 0 Å². The molecular weight excluding hydrogens is 288 g/mol. The van der Waals surface area contributed by atoms with Crippen LogP contribution in [0, 0.1) is 0 Å². The van der Waals surface area contributed by atoms with Gasteiger partial charge in [-0.15, -0.1) is 0 Å². The van der Waals surface area contributed by atoms with Crippen LogP contribution in [-0.4, -0.2) is 63.6 Å². The van der Waals surface area contributed by atoms with Gasteiger partial charge in [0.05, 0.1) is 12.8 Å². The quantitative estimate of drug-likeness (QED) is 0.532. The number of carboxylic acid groups (broad SMARTS) is 1. The molecule has 20 heavy (non-hydrogen) atoms. The summed E-state index contributed by atoms with van der Waals surface area (Å²) in [4.78, 5) is 27.4. The summed E-state index contributed by atoms with van der Waals surface area (Å²) in [6.45, 7) is -0.601. The molecule has 0 bridgehead atoms. The minimum atomic E-state index is -1.48. The second-order valence-corrected chi connectivity index (χ2v) is 5.12. The third kappa shape index (κ3) is 2.47. The molecule has 2 rings (SSSR count). The molecule has 0 aromatic heterocycles. The van der Waals surface area contributed by atoms with Crippen LogP contribution in [-0.2, 0) is 14.4 Å². The summed E-state index contributed by atoms with van der Waals surface area (Å²) in [6.07, 6.45) is -1.48. The number of allylic oxidation sites excluding steroid dienone is 1. The summed E-state index contributed by atoms with van der Waals surface area (Å²) in [7, 11) is 1.34. The molecule has 1 unspecified atom stereocenters. The van der Waals surface area contributed by atoms with Crippen molar-refractivity contribution in [2.75, 3.05) is 25.2 Å². The van der Waals surface area contributed by atoms with Gasteiger partial charge in [0.2, 0.25) is 0 Å². The molecule has 110 valence electrons. The highest BCUT2D eigenvalue weighted by atomic mass is 32.2. The number of nitrogens with zero attached hydrogens (tertiary/aromatic N) is 1. The van der Waals surface area contributed by atoms with Gasteiger partial charge in [0.15, 0.2) is 6.23 Å². The Kier molecular flexibility index (Phi) is 4.21. The number of amides is 1. The van der Waals surface area contributed by atoms with Crippen LogP contribution >= 0.6 is 11.8 Å². The molecule has 0 fully saturated rings. The summed E-state index contributed by atoms with van der Waals surface area (Å²) in [5.74, 6) is -1.34. The van der Waals surface area contributed by atoms with Gasteiger partial charge in [0.25, 0.3) is 5.91 Å². The molecule has 0 saturated heterocycles. The fraction of sp³-hybridized carbons (Fsp3) is 0.455. The Labute approximate surface area is 118 Å². The van der Waals surface area contributed by atoms with Crippen LogP contribution in [0.15, 0.2) is 22.6 Å². The summed E-state index contributed by atoms with van der Waals surface area (Å²) < 4.78 is 0. The van der Waals surface area contributed by atoms with Crippen LogP contribution in [0.25, 0.3) is 0 Å². The van der Waals surface area contributed by atoms with E-state index in [2.05, 4.69) is 5.32 Å². The van der Waals surface area contributed by atoms with Crippen molar-refractivity contribution in [1.82, 2.24) is 10.4 Å². The SMILES string of the molecule is CON1C2=C(CSC2)C(O)=C(C(=O)NCC(=O)O)C1O. The van der Waals surface area contributed by atoms with Crippen molar-refractivity contribution in [3.63, 3.8) is 0 Å². The molecule has 0 aromatic rings. The number of carbonyl (C=O) groups excluding carboxylic acids is 1. The average Bonchev–Trinajstić information content (AvgIpc) is 2.86. The van der Waals surface area contributed by atoms with E-state index in [9.17, 15) is 19.8 Å². The zero-order valence-electron chi connectivity index (χ0n) is 10.6. The molecule has 4 N–H and O–H groups in total. The maximum absolute atomic E-state index is 11.9. The number of aliphatic carboxylic acids is 1. The molecule has 9 heteroatoms. The number of hydrogen-bond acceptors (Lipinski definition) is 7. The molecule has 2 heterocycles. The van der Waals surface area contributed by atoms with Gasteiger partial charge in [-0.3, -0.25) is 14.4 Å². The number of aliphatic hydroxyl groups excluding tert-OH is 2. The first-order valence-electron chi connectivity index (χ1n) is 5.72. The summed E-state index contributed by atoms with van der Waals surface area (Å²) >= 11 is 1.51. The number of thioether (sulfide) groups is 1. The maximum atomic E-state index is 11.9. The van der Waals surface area contributed by atoms with Crippen molar-refractivity contribution in [3.05, 3.63) is 22.6 Å². The van der Waals surface area contributed by atoms with Crippen LogP contribution in [0.5, 0.6) is 0 Å². The number of carboxylic acids is 1. The van der Waals surface area contributed by atoms with Gasteiger partial charge in [-0.25, -0.2) is 5.06 Å². The summed E-state index contributed by atoms with van der Waals surface area (Å²) in [6, 6.07) is 0. The van der Waals surface area contributed by atoms with Crippen molar-refractivity contribution in [1.29, 1.82) is 0 Å². The third-order valence-electron chi connectivity index (χ3n) is 2.96. The second-order valence-electron chi connectivity index (χ2n) is 4.14. The Morgan fingerprint density at radius 2 is 2.20 bits per heavy atom. The lowest BCUT2D eigenvalue weighted by atomic mass is 10.0. The topological polar surface area (TPSA) is 119 Å². The molecule has 8 nitrogen and oxygen atoms in total. The Morgan fingerprint density at radius 3 is 2.80 bits per heavy atom. The Balaban J connectivity index is 2.32. The van der Waals surface area contributed by atoms with E-state index in [4.69, 9.17) is 9.94 Å². The minimum Gasteiger partial charge on any atom is -0.507 e. The number of hydroxylamine groups is 2. The molecule has 2 aliphatic heterocycles. The first kappa shape index (κ1) is 14.7. The van der Waals surface area contributed by atoms with E-state index in [0.717, 1.165) is 5.06 Å². The van der Waals surface area contributed by atoms with E-state index in [1.165, 1.54) is 18.9 Å². The van der Waals surface area contributed by atoms with Crippen molar-refractivity contribution < 1.29 is 29.7 Å². The zero-order chi connectivity index (χ0) is 14.9. The van der Waals surface area contributed by atoms with Crippen molar-refractivity contribution >= 4 is 23.6 Å². The van der Waals surface area contributed by atoms with Gasteiger partial charge < -0.3 is 20.6 Å². The van der Waals surface area contributed by atoms with Gasteiger partial charge in [-0.05, 0) is 0 Å². The maximum Gasteiger partial charge on any atom is 0.322 e. The van der Waals surface area contributed by atoms with Gasteiger partial charge in [-0.2, -0.15) is 11.8 Å². The lowest BCUT2D eigenvalue weighted by Gasteiger charge is -2.33. The van der Waals surface area contributed by atoms with E-state index < -0.39 is 24.6 Å². The predicted molar refractivity (Wildman–Crippen MR) is 69.5 cm³/mol. The van der Waals surface area contributed by atoms with E-state index in [1.54, 1.807) is 0 Å². The highest BCUT2D eigenvalue weighted by Crippen LogP contribution is 2.38. The Bertz CT molecular complexity index is 515. The molecule has 0 saturated carbocycles. The van der Waals surface area contributed by atoms with E-state index in [0.29, 0.717) is 22.8 Å². The first-order valence-corrected chi connectivity index (χ1v) is 6.87. The highest BCUT2D eigenvalue weighted by molar-refractivity contribution is 7.99. The highest BCUT2D eigenvalue weighted by Gasteiger charge is 2.39. The van der Waals surface area contributed by atoms with E-state index in [1.807, 2.05) is 0 Å². The van der Waals surface area contributed by atoms with Crippen molar-refractivity contribution in [2.24, 2.45) is 0 Å². The number of hydrogen-bond donors (Lipinski definition) is 4. The predicted octanol–water partition coefficient (Wildman–Crippen LogP) is -0.804. The standard InChI is InChI=1S/C11H14N2O6S/c1-19-13-6-4-20-3-5(6)9(16)8(11(13)18)10(17)12-2-7(14)15/h11,16,18H,2-4H2,1H3,(H,12,17)(H,14,15). The van der Waals surface area contributed by atoms with Gasteiger partial charge in [0, 0.05) is 17.1 Å². The number of rotatable bonds is 4. The molecular formula is C11H14N2O6S. The second kappa shape index (κ2) is 5.73. The number of nitrogens with one attached hydrogen (secondary N) is 1. The van der Waals surface area contributed by atoms with Crippen LogP contribution in [0.1, 0.15) is 0 Å². The Morgan fingerprint density at radius 1 is 1.50 bits per heavy atom. The normalized spacial score (nSPS) is 22.1. The molecule has 1 atom stereocenters. The smallest absolute Gasteiger partial charge is 0.322 e. The van der Waals surface area contributed by atoms with Gasteiger partial charge in [-0.1, -0.05) is 0 Å². The van der Waals surface area contributed by atoms with Crippen LogP contribution < -0.4 is 5.32 Å². The van der Waals surface area contributed by atoms with E-state index >= 15 is 0 Å². The molecule has 0 spiro atoms. The van der Waals surface area contributed by atoms with Gasteiger partial charge in [0.1, 0.15) is 17.9 Å². The average molecular weight is 302 g/mol. The third-order valence-corrected chi connectivity index (χ3v) is 3.93. The van der Waals surface area contributed by atoms with Crippen molar-refractivity contribution in [2.45, 2.75) is 6.23 Å². The largest absolute Gasteiger partial charge is 0.507 e. The van der Waals surface area contributed by atoms with Crippen LogP contribution in [0.2, 0.25) is 0 Å². The Hall–Kier alpha value is -1.71. The minimum absolute atomic E-state index is 0.311. The fourth-order valence-electron chi connectivity index (χ4n) is 2.06. The molecule has 0 aliphatic carbocycles. The summed E-state index contributed by atoms with van der Waals surface area (Å²) in [5, 5.41) is 32.0. The van der Waals surface area contributed by atoms with Gasteiger partial charge >= 0.3 is 5.97 Å². The number of aliphatic hydroxyl groups is 2. The van der Waals surface area contributed by atoms with Crippen LogP contribution in [0.4, 0.5) is 0 Å². The monoisotopic (exact) mass is 302 g/mol. The first-order chi connectivity index (χ1) is 9.47. The molecule has 2 aliphatic rings. The van der Waals surface area contributed by atoms with Crippen LogP contribution in [0.3, 0.4) is 0 Å². The number of carbonyl (C=O) groups is 2. The summed E-state index contributed by atoms with van der Waals surface area (Å²) in [5.41, 5.74) is 0.814.